The molecule has 0 heterocycles. The molecule has 0 saturated heterocycles. The molecule has 0 radical (unpaired) electrons. The molecule has 1 aliphatic rings. The molecule has 3 nitrogen and oxygen atoms in total. The summed E-state index contributed by atoms with van der Waals surface area (Å²) in [6, 6.07) is 6.67. The number of benzene rings is 1. The van der Waals surface area contributed by atoms with Gasteiger partial charge in [0, 0.05) is 12.6 Å². The summed E-state index contributed by atoms with van der Waals surface area (Å²) in [6.07, 6.45) is 2.81. The SMILES string of the molecule is O=C(NCCc1cccc(F)c1)NC1CC1. The summed E-state index contributed by atoms with van der Waals surface area (Å²) in [5, 5.41) is 5.58. The van der Waals surface area contributed by atoms with Crippen LogP contribution in [0.4, 0.5) is 9.18 Å². The van der Waals surface area contributed by atoms with Crippen molar-refractivity contribution in [2.24, 2.45) is 0 Å². The number of hydrogen-bond acceptors (Lipinski definition) is 1. The molecule has 2 rings (SSSR count). The molecule has 0 unspecified atom stereocenters. The Kier molecular flexibility index (Phi) is 3.39. The van der Waals surface area contributed by atoms with E-state index in [9.17, 15) is 9.18 Å². The molecule has 1 saturated carbocycles. The molecule has 16 heavy (non-hydrogen) atoms. The second-order valence-corrected chi connectivity index (χ2v) is 4.05. The van der Waals surface area contributed by atoms with Gasteiger partial charge in [-0.1, -0.05) is 12.1 Å². The first-order chi connectivity index (χ1) is 7.74. The number of carbonyl (C=O) groups is 1. The lowest BCUT2D eigenvalue weighted by atomic mass is 10.1. The zero-order valence-electron chi connectivity index (χ0n) is 9.00. The molecular weight excluding hydrogens is 207 g/mol. The average molecular weight is 222 g/mol. The zero-order valence-corrected chi connectivity index (χ0v) is 9.00. The smallest absolute Gasteiger partial charge is 0.315 e. The fraction of sp³-hybridized carbons (Fsp3) is 0.417. The number of rotatable bonds is 4. The van der Waals surface area contributed by atoms with Crippen LogP contribution in [0.3, 0.4) is 0 Å². The van der Waals surface area contributed by atoms with Crippen LogP contribution in [-0.4, -0.2) is 18.6 Å². The third-order valence-electron chi connectivity index (χ3n) is 2.50. The number of carbonyl (C=O) groups excluding carboxylic acids is 1. The maximum Gasteiger partial charge on any atom is 0.315 e. The maximum absolute atomic E-state index is 12.8. The second kappa shape index (κ2) is 4.96. The molecule has 4 heteroatoms. The van der Waals surface area contributed by atoms with Crippen LogP contribution in [0.1, 0.15) is 18.4 Å². The van der Waals surface area contributed by atoms with Crippen molar-refractivity contribution in [3.63, 3.8) is 0 Å². The van der Waals surface area contributed by atoms with Gasteiger partial charge in [-0.2, -0.15) is 0 Å². The van der Waals surface area contributed by atoms with E-state index in [1.165, 1.54) is 12.1 Å². The van der Waals surface area contributed by atoms with Crippen LogP contribution in [-0.2, 0) is 6.42 Å². The van der Waals surface area contributed by atoms with Crippen LogP contribution < -0.4 is 10.6 Å². The Morgan fingerprint density at radius 2 is 2.25 bits per heavy atom. The van der Waals surface area contributed by atoms with Crippen molar-refractivity contribution in [3.8, 4) is 0 Å². The number of hydrogen-bond donors (Lipinski definition) is 2. The van der Waals surface area contributed by atoms with Crippen LogP contribution in [0.2, 0.25) is 0 Å². The summed E-state index contributed by atoms with van der Waals surface area (Å²) in [5.74, 6) is -0.236. The highest BCUT2D eigenvalue weighted by atomic mass is 19.1. The first-order valence-corrected chi connectivity index (χ1v) is 5.53. The van der Waals surface area contributed by atoms with Crippen LogP contribution in [0.25, 0.3) is 0 Å². The summed E-state index contributed by atoms with van der Waals surface area (Å²) in [6.45, 7) is 0.530. The highest BCUT2D eigenvalue weighted by Crippen LogP contribution is 2.18. The fourth-order valence-corrected chi connectivity index (χ4v) is 1.48. The minimum Gasteiger partial charge on any atom is -0.338 e. The molecule has 0 atom stereocenters. The molecular formula is C12H15FN2O. The van der Waals surface area contributed by atoms with E-state index in [1.54, 1.807) is 6.07 Å². The molecule has 1 aromatic rings. The standard InChI is InChI=1S/C12H15FN2O/c13-10-3-1-2-9(8-10)6-7-14-12(16)15-11-4-5-11/h1-3,8,11H,4-7H2,(H2,14,15,16). The molecule has 0 bridgehead atoms. The molecule has 86 valence electrons. The molecule has 1 aliphatic carbocycles. The topological polar surface area (TPSA) is 41.1 Å². The van der Waals surface area contributed by atoms with Crippen molar-refractivity contribution in [1.29, 1.82) is 0 Å². The molecule has 2 N–H and O–H groups in total. The van der Waals surface area contributed by atoms with E-state index < -0.39 is 0 Å². The third kappa shape index (κ3) is 3.53. The van der Waals surface area contributed by atoms with E-state index in [2.05, 4.69) is 10.6 Å². The Morgan fingerprint density at radius 3 is 2.94 bits per heavy atom. The van der Waals surface area contributed by atoms with Crippen molar-refractivity contribution < 1.29 is 9.18 Å². The van der Waals surface area contributed by atoms with Crippen LogP contribution in [0.5, 0.6) is 0 Å². The quantitative estimate of drug-likeness (QED) is 0.801. The van der Waals surface area contributed by atoms with E-state index in [4.69, 9.17) is 0 Å². The molecule has 0 aliphatic heterocycles. The van der Waals surface area contributed by atoms with Gasteiger partial charge in [-0.3, -0.25) is 0 Å². The highest BCUT2D eigenvalue weighted by molar-refractivity contribution is 5.74. The van der Waals surface area contributed by atoms with Gasteiger partial charge in [0.1, 0.15) is 5.82 Å². The monoisotopic (exact) mass is 222 g/mol. The van der Waals surface area contributed by atoms with Gasteiger partial charge < -0.3 is 10.6 Å². The van der Waals surface area contributed by atoms with E-state index in [-0.39, 0.29) is 11.8 Å². The molecule has 0 spiro atoms. The Hall–Kier alpha value is -1.58. The van der Waals surface area contributed by atoms with E-state index in [1.807, 2.05) is 6.07 Å². The van der Waals surface area contributed by atoms with Gasteiger partial charge in [-0.15, -0.1) is 0 Å². The summed E-state index contributed by atoms with van der Waals surface area (Å²) < 4.78 is 12.8. The zero-order chi connectivity index (χ0) is 11.4. The number of amides is 2. The summed E-state index contributed by atoms with van der Waals surface area (Å²) in [7, 11) is 0. The summed E-state index contributed by atoms with van der Waals surface area (Å²) in [4.78, 5) is 11.3. The molecule has 1 fully saturated rings. The van der Waals surface area contributed by atoms with Crippen molar-refractivity contribution in [3.05, 3.63) is 35.6 Å². The lowest BCUT2D eigenvalue weighted by Crippen LogP contribution is -2.37. The molecule has 2 amide bonds. The van der Waals surface area contributed by atoms with Crippen LogP contribution in [0.15, 0.2) is 24.3 Å². The highest BCUT2D eigenvalue weighted by Gasteiger charge is 2.22. The molecule has 1 aromatic carbocycles. The largest absolute Gasteiger partial charge is 0.338 e. The van der Waals surface area contributed by atoms with Crippen molar-refractivity contribution in [2.45, 2.75) is 25.3 Å². The van der Waals surface area contributed by atoms with Crippen molar-refractivity contribution in [2.75, 3.05) is 6.54 Å². The maximum atomic E-state index is 12.8. The van der Waals surface area contributed by atoms with E-state index in [0.717, 1.165) is 18.4 Å². The Bertz CT molecular complexity index is 377. The fourth-order valence-electron chi connectivity index (χ4n) is 1.48. The third-order valence-corrected chi connectivity index (χ3v) is 2.50. The van der Waals surface area contributed by atoms with Gasteiger partial charge in [-0.05, 0) is 37.0 Å². The van der Waals surface area contributed by atoms with Crippen LogP contribution in [0, 0.1) is 5.82 Å². The van der Waals surface area contributed by atoms with E-state index >= 15 is 0 Å². The first kappa shape index (κ1) is 10.9. The average Bonchev–Trinajstić information content (AvgIpc) is 3.02. The Morgan fingerprint density at radius 1 is 1.44 bits per heavy atom. The van der Waals surface area contributed by atoms with Gasteiger partial charge >= 0.3 is 6.03 Å². The number of halogens is 1. The van der Waals surface area contributed by atoms with Gasteiger partial charge in [0.15, 0.2) is 0 Å². The van der Waals surface area contributed by atoms with Crippen molar-refractivity contribution >= 4 is 6.03 Å². The number of nitrogens with one attached hydrogen (secondary N) is 2. The Balaban J connectivity index is 1.68. The summed E-state index contributed by atoms with van der Waals surface area (Å²) in [5.41, 5.74) is 0.895. The van der Waals surface area contributed by atoms with Crippen molar-refractivity contribution in [1.82, 2.24) is 10.6 Å². The predicted molar refractivity (Wildman–Crippen MR) is 59.7 cm³/mol. The minimum atomic E-state index is -0.236. The van der Waals surface area contributed by atoms with Gasteiger partial charge in [0.2, 0.25) is 0 Å². The molecule has 0 aromatic heterocycles. The van der Waals surface area contributed by atoms with Gasteiger partial charge in [-0.25, -0.2) is 9.18 Å². The van der Waals surface area contributed by atoms with Crippen LogP contribution >= 0.6 is 0 Å². The normalized spacial score (nSPS) is 14.6. The predicted octanol–water partition coefficient (Wildman–Crippen LogP) is 1.83. The lowest BCUT2D eigenvalue weighted by molar-refractivity contribution is 0.240. The summed E-state index contributed by atoms with van der Waals surface area (Å²) >= 11 is 0. The minimum absolute atomic E-state index is 0.126. The number of urea groups is 1. The van der Waals surface area contributed by atoms with Gasteiger partial charge in [0.05, 0.1) is 0 Å². The first-order valence-electron chi connectivity index (χ1n) is 5.53. The second-order valence-electron chi connectivity index (χ2n) is 4.05. The Labute approximate surface area is 94.0 Å². The van der Waals surface area contributed by atoms with E-state index in [0.29, 0.717) is 19.0 Å². The lowest BCUT2D eigenvalue weighted by Gasteiger charge is -2.06. The van der Waals surface area contributed by atoms with Gasteiger partial charge in [0.25, 0.3) is 0 Å².